The van der Waals surface area contributed by atoms with Gasteiger partial charge in [-0.25, -0.2) is 4.42 Å². The first-order valence-electron chi connectivity index (χ1n) is 13.8. The molecule has 1 aromatic heterocycles. The number of phenols is 3. The highest BCUT2D eigenvalue weighted by atomic mass is 16.7. The number of aliphatic hydroxyl groups is 6. The van der Waals surface area contributed by atoms with E-state index in [4.69, 9.17) is 32.8 Å². The smallest absolute Gasteiger partial charge is 0.402 e. The number of methoxy groups -OCH3 is 2. The molecule has 3 heterocycles. The highest BCUT2D eigenvalue weighted by Crippen LogP contribution is 2.45. The maximum Gasteiger partial charge on any atom is 0.402 e. The molecule has 2 saturated heterocycles. The summed E-state index contributed by atoms with van der Waals surface area (Å²) < 4.78 is 39.1. The van der Waals surface area contributed by atoms with Crippen molar-refractivity contribution in [2.45, 2.75) is 68.3 Å². The Hall–Kier alpha value is -3.71. The number of hydrogen-bond acceptors (Lipinski definition) is 15. The van der Waals surface area contributed by atoms with E-state index < -0.39 is 68.0 Å². The number of fused-ring (bicyclic) bond motifs is 1. The van der Waals surface area contributed by atoms with Gasteiger partial charge in [0, 0.05) is 24.3 Å². The normalized spacial score (nSPS) is 31.9. The van der Waals surface area contributed by atoms with Gasteiger partial charge < -0.3 is 74.4 Å². The van der Waals surface area contributed by atoms with Crippen molar-refractivity contribution in [1.82, 2.24) is 0 Å². The molecule has 2 aromatic carbocycles. The molecule has 2 fully saturated rings. The molecule has 0 amide bonds. The Balaban J connectivity index is 1.48. The summed E-state index contributed by atoms with van der Waals surface area (Å²) >= 11 is 0. The van der Waals surface area contributed by atoms with Crippen LogP contribution in [-0.2, 0) is 14.2 Å². The second-order valence-corrected chi connectivity index (χ2v) is 10.7. The summed E-state index contributed by atoms with van der Waals surface area (Å²) in [5, 5.41) is 93.3. The van der Waals surface area contributed by atoms with Gasteiger partial charge in [-0.1, -0.05) is 0 Å². The number of rotatable bonds is 8. The van der Waals surface area contributed by atoms with Gasteiger partial charge in [0.25, 0.3) is 0 Å². The van der Waals surface area contributed by atoms with Crippen LogP contribution in [0.25, 0.3) is 22.3 Å². The number of aromatic hydroxyl groups is 3. The highest BCUT2D eigenvalue weighted by Gasteiger charge is 2.48. The van der Waals surface area contributed by atoms with Gasteiger partial charge in [0.2, 0.25) is 17.8 Å². The van der Waals surface area contributed by atoms with Crippen molar-refractivity contribution in [3.8, 4) is 45.8 Å². The zero-order chi connectivity index (χ0) is 32.7. The molecule has 2 aliphatic heterocycles. The van der Waals surface area contributed by atoms with Crippen molar-refractivity contribution < 1.29 is 78.8 Å². The van der Waals surface area contributed by atoms with Crippen LogP contribution < -0.4 is 14.2 Å². The van der Waals surface area contributed by atoms with Gasteiger partial charge in [0.1, 0.15) is 59.6 Å². The summed E-state index contributed by atoms with van der Waals surface area (Å²) in [6.45, 7) is 0.931. The van der Waals surface area contributed by atoms with Gasteiger partial charge in [0.05, 0.1) is 38.6 Å². The van der Waals surface area contributed by atoms with Gasteiger partial charge in [-0.05, 0) is 6.92 Å². The summed E-state index contributed by atoms with van der Waals surface area (Å²) in [6, 6.07) is 6.37. The van der Waals surface area contributed by atoms with Crippen LogP contribution in [0.5, 0.6) is 34.5 Å². The topological polar surface area (TPSA) is 249 Å². The zero-order valence-corrected chi connectivity index (χ0v) is 24.3. The van der Waals surface area contributed by atoms with Gasteiger partial charge in [-0.3, -0.25) is 0 Å². The lowest BCUT2D eigenvalue weighted by atomic mass is 9.98. The third-order valence-corrected chi connectivity index (χ3v) is 7.70. The maximum atomic E-state index is 10.8. The number of aliphatic hydroxyl groups excluding tert-OH is 6. The predicted octanol–water partition coefficient (Wildman–Crippen LogP) is -0.455. The average Bonchev–Trinajstić information content (AvgIpc) is 3.01. The molecule has 5 rings (SSSR count). The van der Waals surface area contributed by atoms with Crippen molar-refractivity contribution in [2.75, 3.05) is 20.8 Å². The fourth-order valence-corrected chi connectivity index (χ4v) is 5.11. The molecule has 0 radical (unpaired) electrons. The van der Waals surface area contributed by atoms with Crippen LogP contribution >= 0.6 is 0 Å². The van der Waals surface area contributed by atoms with E-state index in [2.05, 4.69) is 0 Å². The molecular weight excluding hydrogens is 604 g/mol. The van der Waals surface area contributed by atoms with E-state index in [9.17, 15) is 46.0 Å². The fraction of sp³-hybridized carbons (Fsp3) is 0.483. The summed E-state index contributed by atoms with van der Waals surface area (Å²) in [7, 11) is 2.62. The highest BCUT2D eigenvalue weighted by molar-refractivity contribution is 5.88. The van der Waals surface area contributed by atoms with Crippen LogP contribution in [-0.4, -0.2) is 128 Å². The van der Waals surface area contributed by atoms with E-state index >= 15 is 0 Å². The Kier molecular flexibility index (Phi) is 9.41. The van der Waals surface area contributed by atoms with Crippen LogP contribution in [0.2, 0.25) is 0 Å². The first-order chi connectivity index (χ1) is 21.3. The van der Waals surface area contributed by atoms with Gasteiger partial charge >= 0.3 is 11.3 Å². The molecule has 2 aliphatic rings. The van der Waals surface area contributed by atoms with Crippen molar-refractivity contribution in [3.63, 3.8) is 0 Å². The van der Waals surface area contributed by atoms with Crippen molar-refractivity contribution in [3.05, 3.63) is 30.3 Å². The molecule has 45 heavy (non-hydrogen) atoms. The van der Waals surface area contributed by atoms with Crippen LogP contribution in [0.4, 0.5) is 0 Å². The predicted molar refractivity (Wildman–Crippen MR) is 150 cm³/mol. The molecule has 0 bridgehead atoms. The summed E-state index contributed by atoms with van der Waals surface area (Å²) in [6.07, 6.45) is -15.3. The Morgan fingerprint density at radius 3 is 1.98 bits per heavy atom. The molecule has 0 aliphatic carbocycles. The van der Waals surface area contributed by atoms with Crippen molar-refractivity contribution in [2.24, 2.45) is 0 Å². The van der Waals surface area contributed by atoms with Crippen LogP contribution in [0.15, 0.2) is 34.7 Å². The standard InChI is InChI=1S/C29H34O16/c1-10-20(32)23(35)25(37)28(42-10)41-9-19-22(34)24(36)26(38)29(45-19)44-18-8-13-14(31)6-12(30)7-15(13)43-27(18)11-4-16(39-2)21(33)17(5-11)40-3/h4-8,10,19-20,22-26,28-29,32,34-38H,9H2,1-3H3,(H2-,30,31,33)/p+1/t10-,19+,20-,22+,23+,24-,25+,26+,28+,29+/m0/s1. The van der Waals surface area contributed by atoms with Crippen LogP contribution in [0.1, 0.15) is 6.92 Å². The minimum absolute atomic E-state index is 0.00636. The lowest BCUT2D eigenvalue weighted by Crippen LogP contribution is -2.61. The molecule has 0 unspecified atom stereocenters. The lowest BCUT2D eigenvalue weighted by Gasteiger charge is -2.42. The van der Waals surface area contributed by atoms with Crippen LogP contribution in [0, 0.1) is 0 Å². The van der Waals surface area contributed by atoms with E-state index in [1.807, 2.05) is 0 Å². The molecule has 0 saturated carbocycles. The minimum Gasteiger partial charge on any atom is -0.507 e. The molecule has 0 spiro atoms. The Morgan fingerprint density at radius 1 is 0.711 bits per heavy atom. The third kappa shape index (κ3) is 6.24. The third-order valence-electron chi connectivity index (χ3n) is 7.70. The summed E-state index contributed by atoms with van der Waals surface area (Å²) in [5.74, 6) is -1.25. The quantitative estimate of drug-likeness (QED) is 0.142. The molecule has 16 nitrogen and oxygen atoms in total. The first-order valence-corrected chi connectivity index (χ1v) is 13.8. The minimum atomic E-state index is -1.83. The van der Waals surface area contributed by atoms with E-state index in [1.54, 1.807) is 0 Å². The summed E-state index contributed by atoms with van der Waals surface area (Å²) in [4.78, 5) is 0. The zero-order valence-electron chi connectivity index (χ0n) is 24.3. The first kappa shape index (κ1) is 32.7. The fourth-order valence-electron chi connectivity index (χ4n) is 5.11. The second-order valence-electron chi connectivity index (χ2n) is 10.7. The molecule has 3 aromatic rings. The van der Waals surface area contributed by atoms with Crippen molar-refractivity contribution in [1.29, 1.82) is 0 Å². The number of ether oxygens (including phenoxy) is 6. The largest absolute Gasteiger partial charge is 0.507 e. The SMILES string of the molecule is COc1cc(-c2[o+]c3cc(O)cc(O)c3cc2O[C@@H]2O[C@H](CO[C@@H]3O[C@@H](C)[C@H](O)[C@@H](O)[C@H]3O)[C@@H](O)[C@H](O)[C@H]2O)cc(OC)c1O. The number of benzene rings is 2. The molecule has 9 N–H and O–H groups in total. The Bertz CT molecular complexity index is 1490. The number of hydrogen-bond donors (Lipinski definition) is 9. The monoisotopic (exact) mass is 639 g/mol. The Labute approximate surface area is 255 Å². The van der Waals surface area contributed by atoms with Crippen LogP contribution in [0.3, 0.4) is 0 Å². The molecule has 246 valence electrons. The van der Waals surface area contributed by atoms with Gasteiger partial charge in [0.15, 0.2) is 17.8 Å². The average molecular weight is 640 g/mol. The second kappa shape index (κ2) is 13.0. The van der Waals surface area contributed by atoms with E-state index in [0.717, 1.165) is 6.07 Å². The van der Waals surface area contributed by atoms with Gasteiger partial charge in [-0.15, -0.1) is 0 Å². The van der Waals surface area contributed by atoms with E-state index in [1.165, 1.54) is 45.4 Å². The van der Waals surface area contributed by atoms with Gasteiger partial charge in [-0.2, -0.15) is 0 Å². The molecule has 10 atom stereocenters. The van der Waals surface area contributed by atoms with E-state index in [0.29, 0.717) is 0 Å². The van der Waals surface area contributed by atoms with E-state index in [-0.39, 0.29) is 56.8 Å². The number of phenolic OH excluding ortho intramolecular Hbond substituents is 3. The maximum absolute atomic E-state index is 10.8. The van der Waals surface area contributed by atoms with Crippen molar-refractivity contribution >= 4 is 11.0 Å². The lowest BCUT2D eigenvalue weighted by molar-refractivity contribution is -0.318. The molecular formula is C29H35O16+. The molecule has 16 heteroatoms. The Morgan fingerprint density at radius 2 is 1.33 bits per heavy atom. The summed E-state index contributed by atoms with van der Waals surface area (Å²) in [5.41, 5.74) is 0.227.